The maximum Gasteiger partial charge on any atom is 0.305 e. The molecule has 0 bridgehead atoms. The van der Waals surface area contributed by atoms with E-state index in [1.807, 2.05) is 12.2 Å². The summed E-state index contributed by atoms with van der Waals surface area (Å²) in [6.07, 6.45) is 19.8. The third kappa shape index (κ3) is 17.0. The molecule has 0 aliphatic rings. The highest BCUT2D eigenvalue weighted by Crippen LogP contribution is 2.09. The van der Waals surface area contributed by atoms with Gasteiger partial charge in [0.25, 0.3) is 0 Å². The molecule has 0 radical (unpaired) electrons. The summed E-state index contributed by atoms with van der Waals surface area (Å²) in [5, 5.41) is 0. The smallest absolute Gasteiger partial charge is 0.305 e. The molecule has 0 aromatic carbocycles. The summed E-state index contributed by atoms with van der Waals surface area (Å²) in [7, 11) is 0. The summed E-state index contributed by atoms with van der Waals surface area (Å²) in [4.78, 5) is 11.5. The van der Waals surface area contributed by atoms with Crippen molar-refractivity contribution < 1.29 is 9.53 Å². The third-order valence-corrected chi connectivity index (χ3v) is 3.85. The molecule has 128 valence electrons. The quantitative estimate of drug-likeness (QED) is 0.177. The van der Waals surface area contributed by atoms with E-state index in [0.717, 1.165) is 32.1 Å². The Balaban J connectivity index is 3.16. The summed E-state index contributed by atoms with van der Waals surface area (Å²) >= 11 is 0. The van der Waals surface area contributed by atoms with Crippen molar-refractivity contribution in [3.63, 3.8) is 0 Å². The van der Waals surface area contributed by atoms with E-state index in [0.29, 0.717) is 13.0 Å². The fraction of sp³-hybridized carbons (Fsp3) is 0.750. The zero-order valence-electron chi connectivity index (χ0n) is 14.5. The molecule has 0 fully saturated rings. The number of hydrogen-bond donors (Lipinski definition) is 0. The van der Waals surface area contributed by atoms with E-state index in [9.17, 15) is 4.79 Å². The van der Waals surface area contributed by atoms with Crippen LogP contribution in [0.3, 0.4) is 0 Å². The number of hydrogen-bond acceptors (Lipinski definition) is 2. The minimum atomic E-state index is -0.0166. The molecule has 0 spiro atoms. The van der Waals surface area contributed by atoms with E-state index in [2.05, 4.69) is 13.2 Å². The van der Waals surface area contributed by atoms with Crippen LogP contribution in [0.25, 0.3) is 0 Å². The number of carbonyl (C=O) groups excluding carboxylic acids is 1. The lowest BCUT2D eigenvalue weighted by molar-refractivity contribution is -0.143. The Bertz CT molecular complexity index is 271. The predicted octanol–water partition coefficient (Wildman–Crippen LogP) is 6.36. The van der Waals surface area contributed by atoms with Gasteiger partial charge in [-0.25, -0.2) is 0 Å². The maximum atomic E-state index is 11.5. The lowest BCUT2D eigenvalue weighted by Crippen LogP contribution is -2.05. The Morgan fingerprint density at radius 2 is 1.14 bits per heavy atom. The van der Waals surface area contributed by atoms with Crippen LogP contribution in [0, 0.1) is 0 Å². The minimum Gasteiger partial charge on any atom is -0.466 e. The molecule has 0 heterocycles. The molecule has 0 aromatic heterocycles. The van der Waals surface area contributed by atoms with Gasteiger partial charge >= 0.3 is 5.97 Å². The van der Waals surface area contributed by atoms with Crippen molar-refractivity contribution in [2.24, 2.45) is 0 Å². The molecular formula is C20H36O2. The summed E-state index contributed by atoms with van der Waals surface area (Å²) in [6.45, 7) is 8.05. The third-order valence-electron chi connectivity index (χ3n) is 3.85. The highest BCUT2D eigenvalue weighted by molar-refractivity contribution is 5.69. The van der Waals surface area contributed by atoms with Crippen LogP contribution in [0.4, 0.5) is 0 Å². The van der Waals surface area contributed by atoms with Crippen molar-refractivity contribution >= 4 is 5.97 Å². The highest BCUT2D eigenvalue weighted by Gasteiger charge is 2.02. The second kappa shape index (κ2) is 18.0. The van der Waals surface area contributed by atoms with E-state index in [1.54, 1.807) is 0 Å². The number of rotatable bonds is 17. The largest absolute Gasteiger partial charge is 0.466 e. The van der Waals surface area contributed by atoms with E-state index < -0.39 is 0 Å². The van der Waals surface area contributed by atoms with Crippen molar-refractivity contribution in [2.75, 3.05) is 6.61 Å². The van der Waals surface area contributed by atoms with Crippen LogP contribution in [-0.2, 0) is 9.53 Å². The highest BCUT2D eigenvalue weighted by atomic mass is 16.5. The molecule has 0 saturated carbocycles. The summed E-state index contributed by atoms with van der Waals surface area (Å²) in [6, 6.07) is 0. The molecule has 0 aromatic rings. The summed E-state index contributed by atoms with van der Waals surface area (Å²) in [5.74, 6) is -0.0166. The Morgan fingerprint density at radius 3 is 1.68 bits per heavy atom. The van der Waals surface area contributed by atoms with Crippen molar-refractivity contribution in [1.82, 2.24) is 0 Å². The molecule has 0 amide bonds. The number of esters is 1. The van der Waals surface area contributed by atoms with Crippen LogP contribution in [-0.4, -0.2) is 12.6 Å². The van der Waals surface area contributed by atoms with Gasteiger partial charge in [0.15, 0.2) is 0 Å². The zero-order valence-corrected chi connectivity index (χ0v) is 14.5. The Hall–Kier alpha value is -1.05. The van der Waals surface area contributed by atoms with Gasteiger partial charge in [-0.3, -0.25) is 4.79 Å². The topological polar surface area (TPSA) is 26.3 Å². The molecule has 0 aliphatic heterocycles. The standard InChI is InChI=1S/C20H36O2/c1-3-5-7-9-11-13-15-17-19-22-20(21)18-16-14-12-10-8-6-4-2/h3-4H,1-2,5-19H2. The molecule has 0 aliphatic carbocycles. The molecular weight excluding hydrogens is 272 g/mol. The molecule has 0 N–H and O–H groups in total. The zero-order chi connectivity index (χ0) is 16.3. The molecule has 0 atom stereocenters. The number of ether oxygens (including phenoxy) is 1. The van der Waals surface area contributed by atoms with E-state index in [4.69, 9.17) is 4.74 Å². The summed E-state index contributed by atoms with van der Waals surface area (Å²) < 4.78 is 5.27. The first-order chi connectivity index (χ1) is 10.8. The lowest BCUT2D eigenvalue weighted by atomic mass is 10.1. The summed E-state index contributed by atoms with van der Waals surface area (Å²) in [5.41, 5.74) is 0. The van der Waals surface area contributed by atoms with Crippen molar-refractivity contribution in [3.8, 4) is 0 Å². The predicted molar refractivity (Wildman–Crippen MR) is 96.0 cm³/mol. The number of carbonyl (C=O) groups is 1. The monoisotopic (exact) mass is 308 g/mol. The van der Waals surface area contributed by atoms with Gasteiger partial charge in [-0.2, -0.15) is 0 Å². The molecule has 0 rings (SSSR count). The first-order valence-electron chi connectivity index (χ1n) is 9.18. The fourth-order valence-corrected chi connectivity index (χ4v) is 2.44. The molecule has 0 saturated heterocycles. The van der Waals surface area contributed by atoms with Crippen LogP contribution in [0.1, 0.15) is 89.9 Å². The first-order valence-corrected chi connectivity index (χ1v) is 9.18. The van der Waals surface area contributed by atoms with Crippen LogP contribution in [0.2, 0.25) is 0 Å². The van der Waals surface area contributed by atoms with Gasteiger partial charge in [0.1, 0.15) is 0 Å². The molecule has 2 nitrogen and oxygen atoms in total. The Morgan fingerprint density at radius 1 is 0.682 bits per heavy atom. The first kappa shape index (κ1) is 20.9. The average molecular weight is 309 g/mol. The second-order valence-electron chi connectivity index (χ2n) is 6.01. The van der Waals surface area contributed by atoms with E-state index >= 15 is 0 Å². The van der Waals surface area contributed by atoms with Crippen LogP contribution >= 0.6 is 0 Å². The molecule has 2 heteroatoms. The Kier molecular flexibility index (Phi) is 17.1. The average Bonchev–Trinajstić information content (AvgIpc) is 2.52. The van der Waals surface area contributed by atoms with Gasteiger partial charge in [0, 0.05) is 6.42 Å². The van der Waals surface area contributed by atoms with Gasteiger partial charge in [-0.15, -0.1) is 13.2 Å². The minimum absolute atomic E-state index is 0.0166. The van der Waals surface area contributed by atoms with Crippen molar-refractivity contribution in [3.05, 3.63) is 25.3 Å². The van der Waals surface area contributed by atoms with Gasteiger partial charge in [0.2, 0.25) is 0 Å². The lowest BCUT2D eigenvalue weighted by Gasteiger charge is -2.05. The van der Waals surface area contributed by atoms with Gasteiger partial charge < -0.3 is 4.74 Å². The fourth-order valence-electron chi connectivity index (χ4n) is 2.44. The van der Waals surface area contributed by atoms with Crippen molar-refractivity contribution in [1.29, 1.82) is 0 Å². The number of allylic oxidation sites excluding steroid dienone is 2. The molecule has 22 heavy (non-hydrogen) atoms. The van der Waals surface area contributed by atoms with Crippen LogP contribution in [0.15, 0.2) is 25.3 Å². The second-order valence-corrected chi connectivity index (χ2v) is 6.01. The van der Waals surface area contributed by atoms with Crippen molar-refractivity contribution in [2.45, 2.75) is 89.9 Å². The van der Waals surface area contributed by atoms with E-state index in [-0.39, 0.29) is 5.97 Å². The van der Waals surface area contributed by atoms with Gasteiger partial charge in [-0.1, -0.05) is 57.1 Å². The van der Waals surface area contributed by atoms with Crippen LogP contribution in [0.5, 0.6) is 0 Å². The van der Waals surface area contributed by atoms with E-state index in [1.165, 1.54) is 51.4 Å². The van der Waals surface area contributed by atoms with Gasteiger partial charge in [0.05, 0.1) is 6.61 Å². The number of unbranched alkanes of at least 4 members (excludes halogenated alkanes) is 11. The SMILES string of the molecule is C=CCCCCCCCCOC(=O)CCCCCCCC=C. The maximum absolute atomic E-state index is 11.5. The normalized spacial score (nSPS) is 10.4. The van der Waals surface area contributed by atoms with Crippen LogP contribution < -0.4 is 0 Å². The molecule has 0 unspecified atom stereocenters. The Labute approximate surface area is 138 Å². The van der Waals surface area contributed by atoms with Gasteiger partial charge in [-0.05, 0) is 38.5 Å².